The van der Waals surface area contributed by atoms with E-state index >= 15 is 0 Å². The minimum Gasteiger partial charge on any atom is -0.496 e. The van der Waals surface area contributed by atoms with Gasteiger partial charge in [-0.1, -0.05) is 12.1 Å². The number of rotatable bonds is 5. The average Bonchev–Trinajstić information content (AvgIpc) is 2.42. The summed E-state index contributed by atoms with van der Waals surface area (Å²) < 4.78 is 41.5. The molecule has 0 aliphatic heterocycles. The second-order valence-electron chi connectivity index (χ2n) is 4.53. The normalized spacial score (nSPS) is 12.2. The van der Waals surface area contributed by atoms with Crippen LogP contribution in [0, 0.1) is 6.92 Å². The maximum Gasteiger partial charge on any atom is 0.390 e. The summed E-state index contributed by atoms with van der Waals surface area (Å²) in [7, 11) is 3.09. The molecule has 0 aromatic heterocycles. The zero-order valence-electron chi connectivity index (χ0n) is 12.3. The van der Waals surface area contributed by atoms with Crippen LogP contribution in [-0.4, -0.2) is 32.8 Å². The fraction of sp³-hybridized carbons (Fsp3) is 0.500. The highest BCUT2D eigenvalue weighted by molar-refractivity contribution is 5.79. The first-order chi connectivity index (χ1) is 9.85. The molecule has 2 N–H and O–H groups in total. The van der Waals surface area contributed by atoms with Crippen LogP contribution in [0.3, 0.4) is 0 Å². The lowest BCUT2D eigenvalue weighted by Gasteiger charge is -2.14. The van der Waals surface area contributed by atoms with Crippen molar-refractivity contribution in [2.75, 3.05) is 20.7 Å². The number of aryl methyl sites for hydroxylation is 1. The van der Waals surface area contributed by atoms with Crippen LogP contribution in [0.4, 0.5) is 13.2 Å². The fourth-order valence-electron chi connectivity index (χ4n) is 1.72. The second-order valence-corrected chi connectivity index (χ2v) is 4.53. The SMILES string of the molecule is CN=C(NCCC(F)(F)F)NCc1ccc(C)cc1OC. The Morgan fingerprint density at radius 3 is 2.57 bits per heavy atom. The van der Waals surface area contributed by atoms with Gasteiger partial charge in [0.2, 0.25) is 0 Å². The number of ether oxygens (including phenoxy) is 1. The van der Waals surface area contributed by atoms with Crippen LogP contribution in [-0.2, 0) is 6.54 Å². The summed E-state index contributed by atoms with van der Waals surface area (Å²) in [5.74, 6) is 1.05. The molecular weight excluding hydrogens is 283 g/mol. The maximum atomic E-state index is 12.1. The zero-order valence-corrected chi connectivity index (χ0v) is 12.3. The largest absolute Gasteiger partial charge is 0.496 e. The van der Waals surface area contributed by atoms with Crippen LogP contribution in [0.1, 0.15) is 17.5 Å². The highest BCUT2D eigenvalue weighted by Crippen LogP contribution is 2.20. The molecule has 0 aliphatic carbocycles. The van der Waals surface area contributed by atoms with Gasteiger partial charge in [0.25, 0.3) is 0 Å². The highest BCUT2D eigenvalue weighted by atomic mass is 19.4. The van der Waals surface area contributed by atoms with E-state index in [4.69, 9.17) is 4.74 Å². The molecule has 0 radical (unpaired) electrons. The van der Waals surface area contributed by atoms with Crippen molar-refractivity contribution in [3.05, 3.63) is 29.3 Å². The first-order valence-electron chi connectivity index (χ1n) is 6.50. The lowest BCUT2D eigenvalue weighted by Crippen LogP contribution is -2.38. The Labute approximate surface area is 122 Å². The minimum atomic E-state index is -4.17. The maximum absolute atomic E-state index is 12.1. The third-order valence-corrected chi connectivity index (χ3v) is 2.81. The van der Waals surface area contributed by atoms with Crippen LogP contribution in [0.5, 0.6) is 5.75 Å². The number of aliphatic imine (C=N–C) groups is 1. The Bertz CT molecular complexity index is 487. The molecule has 118 valence electrons. The van der Waals surface area contributed by atoms with Gasteiger partial charge < -0.3 is 15.4 Å². The summed E-state index contributed by atoms with van der Waals surface area (Å²) in [6.45, 7) is 2.15. The molecule has 1 rings (SSSR count). The molecule has 0 fully saturated rings. The first kappa shape index (κ1) is 17.1. The predicted molar refractivity (Wildman–Crippen MR) is 76.6 cm³/mol. The Morgan fingerprint density at radius 1 is 1.29 bits per heavy atom. The topological polar surface area (TPSA) is 45.7 Å². The van der Waals surface area contributed by atoms with Gasteiger partial charge in [-0.25, -0.2) is 0 Å². The number of alkyl halides is 3. The third-order valence-electron chi connectivity index (χ3n) is 2.81. The number of guanidine groups is 1. The van der Waals surface area contributed by atoms with E-state index in [-0.39, 0.29) is 6.54 Å². The van der Waals surface area contributed by atoms with Gasteiger partial charge in [0.1, 0.15) is 5.75 Å². The van der Waals surface area contributed by atoms with Gasteiger partial charge in [-0.2, -0.15) is 13.2 Å². The van der Waals surface area contributed by atoms with Crippen LogP contribution in [0.25, 0.3) is 0 Å². The number of benzene rings is 1. The van der Waals surface area contributed by atoms with E-state index < -0.39 is 12.6 Å². The molecular formula is C14H20F3N3O. The van der Waals surface area contributed by atoms with Crippen molar-refractivity contribution >= 4 is 5.96 Å². The molecule has 1 aromatic carbocycles. The molecule has 7 heteroatoms. The first-order valence-corrected chi connectivity index (χ1v) is 6.50. The minimum absolute atomic E-state index is 0.214. The number of halogens is 3. The van der Waals surface area contributed by atoms with E-state index in [0.29, 0.717) is 12.5 Å². The van der Waals surface area contributed by atoms with Crippen molar-refractivity contribution < 1.29 is 17.9 Å². The molecule has 0 saturated carbocycles. The standard InChI is InChI=1S/C14H20F3N3O/c1-10-4-5-11(12(8-10)21-3)9-20-13(18-2)19-7-6-14(15,16)17/h4-5,8H,6-7,9H2,1-3H3,(H2,18,19,20). The lowest BCUT2D eigenvalue weighted by atomic mass is 10.1. The fourth-order valence-corrected chi connectivity index (χ4v) is 1.72. The van der Waals surface area contributed by atoms with E-state index in [2.05, 4.69) is 15.6 Å². The van der Waals surface area contributed by atoms with Crippen LogP contribution in [0.2, 0.25) is 0 Å². The lowest BCUT2D eigenvalue weighted by molar-refractivity contribution is -0.132. The van der Waals surface area contributed by atoms with E-state index in [0.717, 1.165) is 16.9 Å². The highest BCUT2D eigenvalue weighted by Gasteiger charge is 2.26. The molecule has 0 saturated heterocycles. The molecule has 21 heavy (non-hydrogen) atoms. The molecule has 0 aliphatic rings. The Balaban J connectivity index is 2.52. The van der Waals surface area contributed by atoms with Gasteiger partial charge in [0, 0.05) is 25.7 Å². The summed E-state index contributed by atoms with van der Waals surface area (Å²) in [4.78, 5) is 3.88. The number of nitrogens with one attached hydrogen (secondary N) is 2. The predicted octanol–water partition coefficient (Wildman–Crippen LogP) is 2.62. The molecule has 4 nitrogen and oxygen atoms in total. The zero-order chi connectivity index (χ0) is 15.9. The van der Waals surface area contributed by atoms with Gasteiger partial charge in [0.15, 0.2) is 5.96 Å². The second kappa shape index (κ2) is 7.75. The van der Waals surface area contributed by atoms with Crippen molar-refractivity contribution in [3.63, 3.8) is 0 Å². The van der Waals surface area contributed by atoms with Gasteiger partial charge in [-0.15, -0.1) is 0 Å². The van der Waals surface area contributed by atoms with Crippen LogP contribution >= 0.6 is 0 Å². The van der Waals surface area contributed by atoms with E-state index in [9.17, 15) is 13.2 Å². The van der Waals surface area contributed by atoms with Gasteiger partial charge in [-0.05, 0) is 18.6 Å². The van der Waals surface area contributed by atoms with E-state index in [1.165, 1.54) is 7.05 Å². The number of methoxy groups -OCH3 is 1. The van der Waals surface area contributed by atoms with E-state index in [1.54, 1.807) is 7.11 Å². The monoisotopic (exact) mass is 303 g/mol. The average molecular weight is 303 g/mol. The molecule has 0 spiro atoms. The van der Waals surface area contributed by atoms with E-state index in [1.807, 2.05) is 25.1 Å². The third kappa shape index (κ3) is 6.37. The van der Waals surface area contributed by atoms with Crippen molar-refractivity contribution in [1.82, 2.24) is 10.6 Å². The summed E-state index contributed by atoms with van der Waals surface area (Å²) in [5.41, 5.74) is 1.98. The van der Waals surface area contributed by atoms with Crippen molar-refractivity contribution in [3.8, 4) is 5.75 Å². The smallest absolute Gasteiger partial charge is 0.390 e. The molecule has 0 heterocycles. The van der Waals surface area contributed by atoms with Gasteiger partial charge >= 0.3 is 6.18 Å². The summed E-state index contributed by atoms with van der Waals surface area (Å²) >= 11 is 0. The van der Waals surface area contributed by atoms with Crippen molar-refractivity contribution in [2.45, 2.75) is 26.1 Å². The molecule has 0 unspecified atom stereocenters. The summed E-state index contributed by atoms with van der Waals surface area (Å²) in [6, 6.07) is 5.75. The quantitative estimate of drug-likeness (QED) is 0.649. The van der Waals surface area contributed by atoms with Crippen LogP contribution in [0.15, 0.2) is 23.2 Å². The number of nitrogens with zero attached hydrogens (tertiary/aromatic N) is 1. The summed E-state index contributed by atoms with van der Waals surface area (Å²) in [6.07, 6.45) is -5.08. The number of hydrogen-bond acceptors (Lipinski definition) is 2. The Morgan fingerprint density at radius 2 is 2.00 bits per heavy atom. The Hall–Kier alpha value is -1.92. The molecule has 0 bridgehead atoms. The Kier molecular flexibility index (Phi) is 6.33. The molecule has 1 aromatic rings. The van der Waals surface area contributed by atoms with Gasteiger partial charge in [0.05, 0.1) is 13.5 Å². The van der Waals surface area contributed by atoms with Crippen molar-refractivity contribution in [2.24, 2.45) is 4.99 Å². The van der Waals surface area contributed by atoms with Gasteiger partial charge in [-0.3, -0.25) is 4.99 Å². The van der Waals surface area contributed by atoms with Crippen molar-refractivity contribution in [1.29, 1.82) is 0 Å². The number of hydrogen-bond donors (Lipinski definition) is 2. The summed E-state index contributed by atoms with van der Waals surface area (Å²) in [5, 5.41) is 5.58. The molecule has 0 amide bonds. The van der Waals surface area contributed by atoms with Crippen LogP contribution < -0.4 is 15.4 Å². The molecule has 0 atom stereocenters.